The van der Waals surface area contributed by atoms with Gasteiger partial charge in [-0.1, -0.05) is 30.3 Å². The average molecular weight is 501 g/mol. The van der Waals surface area contributed by atoms with E-state index in [0.717, 1.165) is 43.8 Å². The molecule has 0 aliphatic carbocycles. The third-order valence-corrected chi connectivity index (χ3v) is 5.72. The number of hydrogen-bond acceptors (Lipinski definition) is 6. The summed E-state index contributed by atoms with van der Waals surface area (Å²) < 4.78 is 25.5. The van der Waals surface area contributed by atoms with Crippen molar-refractivity contribution in [3.63, 3.8) is 0 Å². The molecule has 36 heavy (non-hydrogen) atoms. The molecule has 182 valence electrons. The molecule has 4 rings (SSSR count). The molecule has 2 N–H and O–H groups in total. The fourth-order valence-electron chi connectivity index (χ4n) is 3.86. The van der Waals surface area contributed by atoms with Crippen molar-refractivity contribution in [3.05, 3.63) is 104 Å². The molecule has 0 saturated heterocycles. The number of nitrogens with one attached hydrogen (secondary N) is 1. The first kappa shape index (κ1) is 27.5. The van der Waals surface area contributed by atoms with Crippen LogP contribution in [0.5, 0.6) is 5.75 Å². The Kier molecular flexibility index (Phi) is 9.33. The van der Waals surface area contributed by atoms with Gasteiger partial charge in [0.1, 0.15) is 6.61 Å². The first-order valence-electron chi connectivity index (χ1n) is 11.1. The molecule has 0 atom stereocenters. The van der Waals surface area contributed by atoms with Crippen LogP contribution < -0.4 is 56.0 Å². The molecule has 0 fully saturated rings. The predicted molar refractivity (Wildman–Crippen MR) is 129 cm³/mol. The molecule has 0 unspecified atom stereocenters. The Balaban J connectivity index is 0.00000361. The van der Waals surface area contributed by atoms with Crippen molar-refractivity contribution >= 4 is 5.69 Å². The van der Waals surface area contributed by atoms with Crippen LogP contribution in [0.3, 0.4) is 0 Å². The largest absolute Gasteiger partial charge is 1.00 e. The minimum absolute atomic E-state index is 0. The predicted octanol–water partition coefficient (Wildman–Crippen LogP) is 0.217. The Morgan fingerprint density at radius 1 is 1.08 bits per heavy atom. The van der Waals surface area contributed by atoms with Gasteiger partial charge in [-0.15, -0.1) is 0 Å². The second kappa shape index (κ2) is 12.2. The fourth-order valence-corrected chi connectivity index (χ4v) is 3.86. The zero-order valence-corrected chi connectivity index (χ0v) is 22.4. The molecule has 1 aromatic heterocycles. The Labute approximate surface area is 229 Å². The number of aromatic nitrogens is 2. The van der Waals surface area contributed by atoms with Crippen molar-refractivity contribution in [2.75, 3.05) is 18.5 Å². The molecule has 0 amide bonds. The van der Waals surface area contributed by atoms with Crippen LogP contribution in [-0.2, 0) is 13.1 Å². The molecule has 3 aromatic carbocycles. The maximum atomic E-state index is 14.6. The van der Waals surface area contributed by atoms with E-state index in [1.165, 1.54) is 6.07 Å². The first-order chi connectivity index (χ1) is 16.9. The summed E-state index contributed by atoms with van der Waals surface area (Å²) in [7, 11) is 0. The van der Waals surface area contributed by atoms with Crippen molar-refractivity contribution in [2.24, 2.45) is 0 Å². The fraction of sp³-hybridized carbons (Fsp3) is 0.231. The number of hydrogen-bond donors (Lipinski definition) is 2. The van der Waals surface area contributed by atoms with Gasteiger partial charge in [-0.25, -0.2) is 9.18 Å². The van der Waals surface area contributed by atoms with Gasteiger partial charge in [0.2, 0.25) is 0 Å². The van der Waals surface area contributed by atoms with Gasteiger partial charge in [-0.05, 0) is 71.5 Å². The topological polar surface area (TPSA) is 108 Å². The van der Waals surface area contributed by atoms with Gasteiger partial charge in [0.25, 0.3) is 0 Å². The summed E-state index contributed by atoms with van der Waals surface area (Å²) in [6.07, 6.45) is 0. The number of halogens is 1. The molecule has 0 radical (unpaired) electrons. The minimum Gasteiger partial charge on any atom is -0.488 e. The van der Waals surface area contributed by atoms with Gasteiger partial charge < -0.3 is 24.7 Å². The minimum atomic E-state index is -0.908. The van der Waals surface area contributed by atoms with Gasteiger partial charge in [-0.2, -0.15) is 0 Å². The zero-order chi connectivity index (χ0) is 24.9. The number of aliphatic hydroxyl groups is 1. The van der Waals surface area contributed by atoms with Gasteiger partial charge >= 0.3 is 35.3 Å². The first-order valence-corrected chi connectivity index (χ1v) is 11.1. The van der Waals surface area contributed by atoms with E-state index in [2.05, 4.69) is 10.3 Å². The summed E-state index contributed by atoms with van der Waals surface area (Å²) in [5, 5.41) is 12.3. The second-order valence-corrected chi connectivity index (χ2v) is 8.10. The van der Waals surface area contributed by atoms with Crippen LogP contribution >= 0.6 is 0 Å². The van der Waals surface area contributed by atoms with E-state index in [9.17, 15) is 14.0 Å². The number of rotatable bonds is 9. The molecule has 4 aromatic rings. The van der Waals surface area contributed by atoms with E-state index in [0.29, 0.717) is 6.54 Å². The number of aryl methyl sites for hydroxylation is 1. The number of ether oxygens (including phenoxy) is 1. The summed E-state index contributed by atoms with van der Waals surface area (Å²) >= 11 is 0. The van der Waals surface area contributed by atoms with Crippen molar-refractivity contribution < 1.29 is 48.3 Å². The molecular weight excluding hydrogens is 476 g/mol. The van der Waals surface area contributed by atoms with Crippen LogP contribution in [0.15, 0.2) is 68.7 Å². The smallest absolute Gasteiger partial charge is 0.488 e. The van der Waals surface area contributed by atoms with Gasteiger partial charge in [-0.3, -0.25) is 9.53 Å². The molecule has 0 bridgehead atoms. The third kappa shape index (κ3) is 6.36. The SMILES string of the molecule is Cc1cc(OCCO)c(F)cc1-c1cccc(CNc2ccc(Cn3oc(=O)[n-]c3=O)cc2)c1C.[Na+]. The summed E-state index contributed by atoms with van der Waals surface area (Å²) in [4.78, 5) is 25.8. The van der Waals surface area contributed by atoms with E-state index >= 15 is 0 Å². The Morgan fingerprint density at radius 3 is 2.50 bits per heavy atom. The van der Waals surface area contributed by atoms with Gasteiger partial charge in [0.15, 0.2) is 17.3 Å². The number of nitrogens with zero attached hydrogens (tertiary/aromatic N) is 2. The van der Waals surface area contributed by atoms with Crippen molar-refractivity contribution in [1.29, 1.82) is 0 Å². The summed E-state index contributed by atoms with van der Waals surface area (Å²) in [5.74, 6) is -1.25. The standard InChI is InChI=1S/C26H26FN3O5.Na/c1-16-12-24(34-11-10-31)23(27)13-22(16)21-5-3-4-19(17(21)2)14-28-20-8-6-18(7-9-20)15-30-25(32)29-26(33)35-30;/h3-9,12-13,28,31H,10-11,14-15H2,1-2H3,(H,29,32,33);/q;+1/p-1. The maximum Gasteiger partial charge on any atom is 1.00 e. The van der Waals surface area contributed by atoms with E-state index < -0.39 is 17.3 Å². The van der Waals surface area contributed by atoms with E-state index in [1.54, 1.807) is 6.07 Å². The quantitative estimate of drug-likeness (QED) is 0.316. The number of benzene rings is 3. The Hall–Kier alpha value is -3.11. The van der Waals surface area contributed by atoms with Crippen LogP contribution in [0.1, 0.15) is 22.3 Å². The van der Waals surface area contributed by atoms with E-state index in [-0.39, 0.29) is 55.1 Å². The Morgan fingerprint density at radius 2 is 1.83 bits per heavy atom. The second-order valence-electron chi connectivity index (χ2n) is 8.10. The monoisotopic (exact) mass is 501 g/mol. The molecule has 0 aliphatic rings. The normalized spacial score (nSPS) is 10.7. The number of aliphatic hydroxyl groups excluding tert-OH is 1. The molecule has 8 nitrogen and oxygen atoms in total. The Bertz CT molecular complexity index is 1440. The van der Waals surface area contributed by atoms with Crippen LogP contribution in [-0.4, -0.2) is 23.1 Å². The molecule has 10 heteroatoms. The molecular formula is C26H25FN3NaO5. The number of anilines is 1. The summed E-state index contributed by atoms with van der Waals surface area (Å²) in [5.41, 5.74) is 5.63. The van der Waals surface area contributed by atoms with Crippen LogP contribution in [0.2, 0.25) is 0 Å². The van der Waals surface area contributed by atoms with Crippen molar-refractivity contribution in [2.45, 2.75) is 26.9 Å². The van der Waals surface area contributed by atoms with Crippen LogP contribution in [0, 0.1) is 19.7 Å². The maximum absolute atomic E-state index is 14.6. The summed E-state index contributed by atoms with van der Waals surface area (Å²) in [6, 6.07) is 16.4. The molecule has 0 aliphatic heterocycles. The average Bonchev–Trinajstić information content (AvgIpc) is 3.16. The van der Waals surface area contributed by atoms with Crippen molar-refractivity contribution in [1.82, 2.24) is 9.72 Å². The van der Waals surface area contributed by atoms with E-state index in [4.69, 9.17) is 14.4 Å². The molecule has 0 spiro atoms. The van der Waals surface area contributed by atoms with Crippen molar-refractivity contribution in [3.8, 4) is 16.9 Å². The molecule has 0 saturated carbocycles. The van der Waals surface area contributed by atoms with Gasteiger partial charge in [0.05, 0.1) is 6.61 Å². The molecule has 1 heterocycles. The summed E-state index contributed by atoms with van der Waals surface area (Å²) in [6.45, 7) is 4.44. The van der Waals surface area contributed by atoms with E-state index in [1.807, 2.05) is 56.3 Å². The van der Waals surface area contributed by atoms with Crippen LogP contribution in [0.25, 0.3) is 11.1 Å². The zero-order valence-electron chi connectivity index (χ0n) is 20.4. The third-order valence-electron chi connectivity index (χ3n) is 5.72. The van der Waals surface area contributed by atoms with Crippen LogP contribution in [0.4, 0.5) is 10.1 Å². The van der Waals surface area contributed by atoms with Gasteiger partial charge in [0, 0.05) is 18.8 Å².